The van der Waals surface area contributed by atoms with Crippen LogP contribution in [0.25, 0.3) is 0 Å². The molecule has 0 radical (unpaired) electrons. The van der Waals surface area contributed by atoms with Crippen molar-refractivity contribution in [3.63, 3.8) is 0 Å². The number of halogens is 1. The van der Waals surface area contributed by atoms with E-state index in [1.807, 2.05) is 19.1 Å². The van der Waals surface area contributed by atoms with Crippen LogP contribution in [0, 0.1) is 12.7 Å². The molecule has 86 valence electrons. The van der Waals surface area contributed by atoms with Crippen molar-refractivity contribution in [2.75, 3.05) is 5.73 Å². The van der Waals surface area contributed by atoms with Crippen LogP contribution in [0.2, 0.25) is 0 Å². The van der Waals surface area contributed by atoms with Crippen molar-refractivity contribution in [2.24, 2.45) is 0 Å². The molecule has 0 aliphatic carbocycles. The van der Waals surface area contributed by atoms with Crippen molar-refractivity contribution >= 4 is 11.5 Å². The topological polar surface area (TPSA) is 43.1 Å². The summed E-state index contributed by atoms with van der Waals surface area (Å²) in [4.78, 5) is 12.1. The molecule has 2 aromatic rings. The van der Waals surface area contributed by atoms with E-state index in [-0.39, 0.29) is 11.5 Å². The van der Waals surface area contributed by atoms with Gasteiger partial charge in [0.1, 0.15) is 5.82 Å². The molecule has 2 aromatic carbocycles. The number of rotatable bonds is 2. The Balaban J connectivity index is 2.44. The van der Waals surface area contributed by atoms with Gasteiger partial charge in [0.15, 0.2) is 5.78 Å². The van der Waals surface area contributed by atoms with Crippen LogP contribution < -0.4 is 5.73 Å². The molecule has 0 aliphatic rings. The van der Waals surface area contributed by atoms with Gasteiger partial charge in [0.05, 0.1) is 5.69 Å². The Morgan fingerprint density at radius 3 is 2.53 bits per heavy atom. The van der Waals surface area contributed by atoms with E-state index in [1.165, 1.54) is 18.2 Å². The number of nitrogens with two attached hydrogens (primary N) is 1. The molecule has 0 fully saturated rings. The van der Waals surface area contributed by atoms with Crippen LogP contribution in [0.4, 0.5) is 10.1 Å². The highest BCUT2D eigenvalue weighted by Gasteiger charge is 2.12. The Hall–Kier alpha value is -2.16. The molecular weight excluding hydrogens is 217 g/mol. The standard InChI is InChI=1S/C14H12FNO/c1-9-4-2-3-5-11(9)14(17)10-6-7-13(16)12(15)8-10/h2-8H,16H2,1H3. The zero-order valence-corrected chi connectivity index (χ0v) is 9.41. The number of nitrogen functional groups attached to an aromatic ring is 1. The van der Waals surface area contributed by atoms with Crippen LogP contribution in [0.1, 0.15) is 21.5 Å². The lowest BCUT2D eigenvalue weighted by atomic mass is 9.99. The Labute approximate surface area is 98.9 Å². The second-order valence-corrected chi connectivity index (χ2v) is 3.88. The lowest BCUT2D eigenvalue weighted by Gasteiger charge is -2.05. The van der Waals surface area contributed by atoms with Gasteiger partial charge < -0.3 is 5.73 Å². The number of aryl methyl sites for hydroxylation is 1. The molecular formula is C14H12FNO. The lowest BCUT2D eigenvalue weighted by Crippen LogP contribution is -2.04. The van der Waals surface area contributed by atoms with Gasteiger partial charge in [-0.3, -0.25) is 4.79 Å². The predicted octanol–water partition coefficient (Wildman–Crippen LogP) is 2.95. The molecule has 0 aliphatic heterocycles. The molecule has 0 heterocycles. The summed E-state index contributed by atoms with van der Waals surface area (Å²) >= 11 is 0. The average Bonchev–Trinajstić information content (AvgIpc) is 2.32. The van der Waals surface area contributed by atoms with Gasteiger partial charge in [-0.15, -0.1) is 0 Å². The molecule has 0 spiro atoms. The second kappa shape index (κ2) is 4.37. The first kappa shape index (κ1) is 11.3. The summed E-state index contributed by atoms with van der Waals surface area (Å²) in [7, 11) is 0. The van der Waals surface area contributed by atoms with Crippen molar-refractivity contribution in [1.29, 1.82) is 0 Å². The molecule has 0 atom stereocenters. The highest BCUT2D eigenvalue weighted by atomic mass is 19.1. The second-order valence-electron chi connectivity index (χ2n) is 3.88. The summed E-state index contributed by atoms with van der Waals surface area (Å²) in [6.45, 7) is 1.85. The van der Waals surface area contributed by atoms with Crippen molar-refractivity contribution in [1.82, 2.24) is 0 Å². The van der Waals surface area contributed by atoms with E-state index in [2.05, 4.69) is 0 Å². The van der Waals surface area contributed by atoms with Gasteiger partial charge in [-0.05, 0) is 30.7 Å². The summed E-state index contributed by atoms with van der Waals surface area (Å²) in [6.07, 6.45) is 0. The molecule has 0 aromatic heterocycles. The number of hydrogen-bond donors (Lipinski definition) is 1. The molecule has 17 heavy (non-hydrogen) atoms. The zero-order chi connectivity index (χ0) is 12.4. The highest BCUT2D eigenvalue weighted by molar-refractivity contribution is 6.10. The van der Waals surface area contributed by atoms with Gasteiger partial charge >= 0.3 is 0 Å². The fourth-order valence-electron chi connectivity index (χ4n) is 1.65. The molecule has 0 amide bonds. The molecule has 2 N–H and O–H groups in total. The van der Waals surface area contributed by atoms with Crippen molar-refractivity contribution in [3.05, 3.63) is 65.0 Å². The van der Waals surface area contributed by atoms with Crippen LogP contribution >= 0.6 is 0 Å². The smallest absolute Gasteiger partial charge is 0.193 e. The normalized spacial score (nSPS) is 10.2. The van der Waals surface area contributed by atoms with Crippen LogP contribution in [-0.4, -0.2) is 5.78 Å². The summed E-state index contributed by atoms with van der Waals surface area (Å²) in [5.74, 6) is -0.758. The van der Waals surface area contributed by atoms with E-state index in [9.17, 15) is 9.18 Å². The van der Waals surface area contributed by atoms with Crippen molar-refractivity contribution < 1.29 is 9.18 Å². The maximum absolute atomic E-state index is 13.3. The van der Waals surface area contributed by atoms with Crippen molar-refractivity contribution in [2.45, 2.75) is 6.92 Å². The minimum atomic E-state index is -0.565. The Kier molecular flexibility index (Phi) is 2.91. The molecule has 0 unspecified atom stereocenters. The number of anilines is 1. The van der Waals surface area contributed by atoms with Gasteiger partial charge in [0.25, 0.3) is 0 Å². The number of ketones is 1. The first-order valence-corrected chi connectivity index (χ1v) is 5.25. The summed E-state index contributed by atoms with van der Waals surface area (Å²) in [6, 6.07) is 11.3. The van der Waals surface area contributed by atoms with Crippen LogP contribution in [0.15, 0.2) is 42.5 Å². The molecule has 2 nitrogen and oxygen atoms in total. The highest BCUT2D eigenvalue weighted by Crippen LogP contribution is 2.17. The molecule has 3 heteroatoms. The van der Waals surface area contributed by atoms with Crippen molar-refractivity contribution in [3.8, 4) is 0 Å². The van der Waals surface area contributed by atoms with E-state index in [1.54, 1.807) is 12.1 Å². The molecule has 0 bridgehead atoms. The molecule has 2 rings (SSSR count). The first-order chi connectivity index (χ1) is 8.09. The van der Waals surface area contributed by atoms with E-state index in [0.717, 1.165) is 5.56 Å². The van der Waals surface area contributed by atoms with Gasteiger partial charge in [-0.1, -0.05) is 24.3 Å². The Morgan fingerprint density at radius 1 is 1.18 bits per heavy atom. The fraction of sp³-hybridized carbons (Fsp3) is 0.0714. The lowest BCUT2D eigenvalue weighted by molar-refractivity contribution is 0.103. The largest absolute Gasteiger partial charge is 0.396 e. The van der Waals surface area contributed by atoms with Gasteiger partial charge in [-0.25, -0.2) is 4.39 Å². The van der Waals surface area contributed by atoms with Crippen LogP contribution in [0.5, 0.6) is 0 Å². The van der Waals surface area contributed by atoms with E-state index in [4.69, 9.17) is 5.73 Å². The van der Waals surface area contributed by atoms with Gasteiger partial charge in [0.2, 0.25) is 0 Å². The quantitative estimate of drug-likeness (QED) is 0.635. The Bertz CT molecular complexity index is 578. The number of hydrogen-bond acceptors (Lipinski definition) is 2. The van der Waals surface area contributed by atoms with Gasteiger partial charge in [-0.2, -0.15) is 0 Å². The first-order valence-electron chi connectivity index (χ1n) is 5.25. The minimum absolute atomic E-state index is 0.0475. The molecule has 0 saturated carbocycles. The Morgan fingerprint density at radius 2 is 1.88 bits per heavy atom. The fourth-order valence-corrected chi connectivity index (χ4v) is 1.65. The predicted molar refractivity (Wildman–Crippen MR) is 65.4 cm³/mol. The zero-order valence-electron chi connectivity index (χ0n) is 9.41. The third-order valence-electron chi connectivity index (χ3n) is 2.65. The van der Waals surface area contributed by atoms with E-state index < -0.39 is 5.82 Å². The van der Waals surface area contributed by atoms with Crippen LogP contribution in [-0.2, 0) is 0 Å². The summed E-state index contributed by atoms with van der Waals surface area (Å²) in [5.41, 5.74) is 7.18. The van der Waals surface area contributed by atoms with E-state index >= 15 is 0 Å². The monoisotopic (exact) mass is 229 g/mol. The SMILES string of the molecule is Cc1ccccc1C(=O)c1ccc(N)c(F)c1. The van der Waals surface area contributed by atoms with Gasteiger partial charge in [0, 0.05) is 11.1 Å². The maximum atomic E-state index is 13.3. The summed E-state index contributed by atoms with van der Waals surface area (Å²) in [5, 5.41) is 0. The number of carbonyl (C=O) groups is 1. The maximum Gasteiger partial charge on any atom is 0.193 e. The third-order valence-corrected chi connectivity index (χ3v) is 2.65. The van der Waals surface area contributed by atoms with Crippen LogP contribution in [0.3, 0.4) is 0 Å². The van der Waals surface area contributed by atoms with E-state index in [0.29, 0.717) is 11.1 Å². The summed E-state index contributed by atoms with van der Waals surface area (Å²) < 4.78 is 13.3. The number of benzene rings is 2. The molecule has 0 saturated heterocycles. The third kappa shape index (κ3) is 2.18. The average molecular weight is 229 g/mol. The number of carbonyl (C=O) groups excluding carboxylic acids is 1. The minimum Gasteiger partial charge on any atom is -0.396 e.